The van der Waals surface area contributed by atoms with Gasteiger partial charge in [0.1, 0.15) is 0 Å². The van der Waals surface area contributed by atoms with E-state index < -0.39 is 0 Å². The number of nitrogens with zero attached hydrogens (tertiary/aromatic N) is 5. The van der Waals surface area contributed by atoms with Crippen LogP contribution >= 0.6 is 11.8 Å². The van der Waals surface area contributed by atoms with E-state index in [1.807, 2.05) is 30.3 Å². The fraction of sp³-hybridized carbons (Fsp3) is 0.462. The second-order valence-corrected chi connectivity index (χ2v) is 5.71. The van der Waals surface area contributed by atoms with Crippen LogP contribution in [-0.4, -0.2) is 63.6 Å². The first kappa shape index (κ1) is 13.5. The van der Waals surface area contributed by atoms with Crippen molar-refractivity contribution in [3.05, 3.63) is 30.3 Å². The molecule has 2 heterocycles. The van der Waals surface area contributed by atoms with Gasteiger partial charge < -0.3 is 5.32 Å². The van der Waals surface area contributed by atoms with Crippen molar-refractivity contribution in [2.75, 3.05) is 38.5 Å². The third-order valence-corrected chi connectivity index (χ3v) is 4.19. The molecule has 0 aliphatic carbocycles. The van der Waals surface area contributed by atoms with E-state index in [4.69, 9.17) is 0 Å². The molecule has 20 heavy (non-hydrogen) atoms. The van der Waals surface area contributed by atoms with Gasteiger partial charge in [0, 0.05) is 38.5 Å². The van der Waals surface area contributed by atoms with Crippen molar-refractivity contribution in [3.63, 3.8) is 0 Å². The van der Waals surface area contributed by atoms with E-state index in [1.54, 1.807) is 16.4 Å². The van der Waals surface area contributed by atoms with Crippen molar-refractivity contribution in [3.8, 4) is 5.69 Å². The summed E-state index contributed by atoms with van der Waals surface area (Å²) in [6, 6.07) is 10.00. The van der Waals surface area contributed by atoms with Gasteiger partial charge in [0.2, 0.25) is 5.16 Å². The molecule has 1 saturated heterocycles. The highest BCUT2D eigenvalue weighted by Crippen LogP contribution is 2.17. The number of hydrogen-bond donors (Lipinski definition) is 1. The average Bonchev–Trinajstić information content (AvgIpc) is 2.98. The molecule has 106 valence electrons. The van der Waals surface area contributed by atoms with Crippen LogP contribution in [0.4, 0.5) is 0 Å². The molecule has 0 saturated carbocycles. The fourth-order valence-corrected chi connectivity index (χ4v) is 3.09. The van der Waals surface area contributed by atoms with Gasteiger partial charge in [-0.15, -0.1) is 5.10 Å². The smallest absolute Gasteiger partial charge is 0.214 e. The Morgan fingerprint density at radius 2 is 1.95 bits per heavy atom. The summed E-state index contributed by atoms with van der Waals surface area (Å²) >= 11 is 1.71. The number of hydrogen-bond acceptors (Lipinski definition) is 6. The fourth-order valence-electron chi connectivity index (χ4n) is 2.20. The maximum Gasteiger partial charge on any atom is 0.214 e. The van der Waals surface area contributed by atoms with Gasteiger partial charge in [-0.3, -0.25) is 4.90 Å². The van der Waals surface area contributed by atoms with Crippen molar-refractivity contribution >= 4 is 11.8 Å². The molecular weight excluding hydrogens is 272 g/mol. The van der Waals surface area contributed by atoms with E-state index in [1.165, 1.54) is 0 Å². The summed E-state index contributed by atoms with van der Waals surface area (Å²) < 4.78 is 1.79. The van der Waals surface area contributed by atoms with Crippen LogP contribution in [0.1, 0.15) is 0 Å². The van der Waals surface area contributed by atoms with Crippen molar-refractivity contribution in [1.82, 2.24) is 30.4 Å². The Kier molecular flexibility index (Phi) is 4.62. The zero-order valence-electron chi connectivity index (χ0n) is 11.3. The van der Waals surface area contributed by atoms with Crippen LogP contribution in [0.2, 0.25) is 0 Å². The lowest BCUT2D eigenvalue weighted by Crippen LogP contribution is -2.44. The van der Waals surface area contributed by atoms with E-state index in [9.17, 15) is 0 Å². The number of piperazine rings is 1. The zero-order chi connectivity index (χ0) is 13.6. The maximum absolute atomic E-state index is 4.11. The number of thioether (sulfide) groups is 1. The summed E-state index contributed by atoms with van der Waals surface area (Å²) in [6.07, 6.45) is 0. The lowest BCUT2D eigenvalue weighted by Gasteiger charge is -2.26. The first-order valence-electron chi connectivity index (χ1n) is 6.83. The minimum absolute atomic E-state index is 0.853. The highest BCUT2D eigenvalue weighted by atomic mass is 32.2. The van der Waals surface area contributed by atoms with Crippen molar-refractivity contribution in [1.29, 1.82) is 0 Å². The number of aromatic nitrogens is 4. The Balaban J connectivity index is 1.57. The molecule has 1 aromatic carbocycles. The molecule has 2 aromatic rings. The molecular formula is C13H18N6S. The third-order valence-electron chi connectivity index (χ3n) is 3.29. The van der Waals surface area contributed by atoms with Gasteiger partial charge >= 0.3 is 0 Å². The normalized spacial score (nSPS) is 16.4. The Morgan fingerprint density at radius 1 is 1.15 bits per heavy atom. The van der Waals surface area contributed by atoms with Crippen LogP contribution < -0.4 is 5.32 Å². The van der Waals surface area contributed by atoms with E-state index in [0.717, 1.165) is 49.3 Å². The number of rotatable bonds is 5. The molecule has 6 nitrogen and oxygen atoms in total. The lowest BCUT2D eigenvalue weighted by atomic mass is 10.3. The van der Waals surface area contributed by atoms with E-state index >= 15 is 0 Å². The number of para-hydroxylation sites is 1. The Hall–Kier alpha value is -1.44. The van der Waals surface area contributed by atoms with E-state index in [-0.39, 0.29) is 0 Å². The molecule has 0 spiro atoms. The molecule has 1 aliphatic heterocycles. The summed E-state index contributed by atoms with van der Waals surface area (Å²) in [5.74, 6) is 1.01. The van der Waals surface area contributed by atoms with Crippen LogP contribution in [0.5, 0.6) is 0 Å². The monoisotopic (exact) mass is 290 g/mol. The quantitative estimate of drug-likeness (QED) is 0.816. The number of benzene rings is 1. The molecule has 0 atom stereocenters. The Bertz CT molecular complexity index is 523. The summed E-state index contributed by atoms with van der Waals surface area (Å²) in [7, 11) is 0. The maximum atomic E-state index is 4.11. The van der Waals surface area contributed by atoms with Gasteiger partial charge in [-0.25, -0.2) is 0 Å². The third kappa shape index (κ3) is 3.36. The first-order valence-corrected chi connectivity index (χ1v) is 7.82. The summed E-state index contributed by atoms with van der Waals surface area (Å²) in [6.45, 7) is 5.52. The van der Waals surface area contributed by atoms with Crippen molar-refractivity contribution in [2.45, 2.75) is 5.16 Å². The van der Waals surface area contributed by atoms with E-state index in [0.29, 0.717) is 0 Å². The second-order valence-electron chi connectivity index (χ2n) is 4.65. The molecule has 1 fully saturated rings. The predicted molar refractivity (Wildman–Crippen MR) is 79.2 cm³/mol. The van der Waals surface area contributed by atoms with Crippen LogP contribution in [0.25, 0.3) is 5.69 Å². The molecule has 0 bridgehead atoms. The molecule has 3 rings (SSSR count). The van der Waals surface area contributed by atoms with Gasteiger partial charge in [0.25, 0.3) is 0 Å². The highest BCUT2D eigenvalue weighted by Gasteiger charge is 2.11. The van der Waals surface area contributed by atoms with Crippen LogP contribution in [0.15, 0.2) is 35.5 Å². The standard InChI is InChI=1S/C13H18N6S/c1-2-4-12(5-3-1)19-13(15-16-17-19)20-11-10-18-8-6-14-7-9-18/h1-5,14H,6-11H2. The molecule has 1 aliphatic rings. The van der Waals surface area contributed by atoms with Crippen LogP contribution in [-0.2, 0) is 0 Å². The Labute approximate surface area is 122 Å². The summed E-state index contributed by atoms with van der Waals surface area (Å²) in [5, 5.41) is 16.2. The Morgan fingerprint density at radius 3 is 2.75 bits per heavy atom. The van der Waals surface area contributed by atoms with E-state index in [2.05, 4.69) is 25.7 Å². The second kappa shape index (κ2) is 6.83. The van der Waals surface area contributed by atoms with Crippen molar-refractivity contribution < 1.29 is 0 Å². The van der Waals surface area contributed by atoms with Crippen LogP contribution in [0.3, 0.4) is 0 Å². The van der Waals surface area contributed by atoms with Gasteiger partial charge in [0.05, 0.1) is 5.69 Å². The van der Waals surface area contributed by atoms with Gasteiger partial charge in [-0.2, -0.15) is 4.68 Å². The predicted octanol–water partition coefficient (Wildman–Crippen LogP) is 0.660. The van der Waals surface area contributed by atoms with Gasteiger partial charge in [-0.1, -0.05) is 30.0 Å². The number of nitrogens with one attached hydrogen (secondary N) is 1. The zero-order valence-corrected chi connectivity index (χ0v) is 12.1. The largest absolute Gasteiger partial charge is 0.314 e. The molecule has 1 N–H and O–H groups in total. The minimum atomic E-state index is 0.853. The first-order chi connectivity index (χ1) is 9.93. The minimum Gasteiger partial charge on any atom is -0.314 e. The summed E-state index contributed by atoms with van der Waals surface area (Å²) in [4.78, 5) is 2.47. The lowest BCUT2D eigenvalue weighted by molar-refractivity contribution is 0.255. The van der Waals surface area contributed by atoms with Crippen LogP contribution in [0, 0.1) is 0 Å². The number of tetrazole rings is 1. The highest BCUT2D eigenvalue weighted by molar-refractivity contribution is 7.99. The van der Waals surface area contributed by atoms with Gasteiger partial charge in [-0.05, 0) is 22.6 Å². The molecule has 0 radical (unpaired) electrons. The average molecular weight is 290 g/mol. The molecule has 0 amide bonds. The summed E-state index contributed by atoms with van der Waals surface area (Å²) in [5.41, 5.74) is 1.00. The SMILES string of the molecule is c1ccc(-n2nnnc2SCCN2CCNCC2)cc1. The molecule has 1 aromatic heterocycles. The topological polar surface area (TPSA) is 58.9 Å². The van der Waals surface area contributed by atoms with Crippen molar-refractivity contribution in [2.24, 2.45) is 0 Å². The molecule has 7 heteroatoms. The molecule has 0 unspecified atom stereocenters. The van der Waals surface area contributed by atoms with Gasteiger partial charge in [0.15, 0.2) is 0 Å².